The van der Waals surface area contributed by atoms with Gasteiger partial charge in [-0.1, -0.05) is 30.8 Å². The molecule has 0 bridgehead atoms. The standard InChI is InChI=1S/C25H26N4O2/c1-2-23(30)28-12-14-29(15-13-28)24-21-11-10-18(16-22(21)26-25(31)27-24)20-9-5-7-17-6-3-4-8-19(17)20/h2,5,7,9-11,16H,1,3-4,6,8,12-15H2,(H,26,27,31). The van der Waals surface area contributed by atoms with Gasteiger partial charge in [0.2, 0.25) is 5.91 Å². The van der Waals surface area contributed by atoms with Crippen LogP contribution in [0.25, 0.3) is 22.0 Å². The van der Waals surface area contributed by atoms with Crippen LogP contribution in [0.3, 0.4) is 0 Å². The van der Waals surface area contributed by atoms with Crippen LogP contribution >= 0.6 is 0 Å². The number of rotatable bonds is 3. The van der Waals surface area contributed by atoms with E-state index < -0.39 is 0 Å². The molecule has 2 aromatic carbocycles. The highest BCUT2D eigenvalue weighted by atomic mass is 16.3. The maximum absolute atomic E-state index is 11.9. The van der Waals surface area contributed by atoms with E-state index in [4.69, 9.17) is 0 Å². The molecule has 158 valence electrons. The van der Waals surface area contributed by atoms with Crippen LogP contribution in [0.1, 0.15) is 24.0 Å². The summed E-state index contributed by atoms with van der Waals surface area (Å²) < 4.78 is 0. The van der Waals surface area contributed by atoms with Gasteiger partial charge in [-0.3, -0.25) is 4.79 Å². The number of hydrogen-bond donors (Lipinski definition) is 1. The van der Waals surface area contributed by atoms with Crippen molar-refractivity contribution in [1.82, 2.24) is 14.9 Å². The Kier molecular flexibility index (Phi) is 5.06. The summed E-state index contributed by atoms with van der Waals surface area (Å²) in [5, 5.41) is 11.2. The Morgan fingerprint density at radius 1 is 1.03 bits per heavy atom. The first-order chi connectivity index (χ1) is 15.1. The van der Waals surface area contributed by atoms with E-state index in [0.717, 1.165) is 35.1 Å². The van der Waals surface area contributed by atoms with E-state index >= 15 is 0 Å². The zero-order valence-electron chi connectivity index (χ0n) is 17.5. The van der Waals surface area contributed by atoms with Gasteiger partial charge in [-0.15, -0.1) is 0 Å². The molecule has 6 heteroatoms. The number of aromatic nitrogens is 2. The molecule has 1 fully saturated rings. The molecule has 1 amide bonds. The van der Waals surface area contributed by atoms with E-state index in [-0.39, 0.29) is 11.9 Å². The van der Waals surface area contributed by atoms with Crippen molar-refractivity contribution >= 4 is 22.6 Å². The summed E-state index contributed by atoms with van der Waals surface area (Å²) in [6.45, 7) is 6.08. The topological polar surface area (TPSA) is 69.6 Å². The van der Waals surface area contributed by atoms with E-state index in [1.807, 2.05) is 0 Å². The Balaban J connectivity index is 1.51. The molecule has 1 aliphatic carbocycles. The Morgan fingerprint density at radius 2 is 1.84 bits per heavy atom. The number of aromatic hydroxyl groups is 1. The molecule has 0 saturated carbocycles. The maximum atomic E-state index is 11.9. The molecule has 6 nitrogen and oxygen atoms in total. The summed E-state index contributed by atoms with van der Waals surface area (Å²) in [5.74, 6) is 0.667. The molecule has 1 N–H and O–H groups in total. The molecule has 0 spiro atoms. The zero-order chi connectivity index (χ0) is 21.4. The fraction of sp³-hybridized carbons (Fsp3) is 0.320. The number of nitrogens with zero attached hydrogens (tertiary/aromatic N) is 4. The minimum absolute atomic E-state index is 0.0501. The van der Waals surface area contributed by atoms with E-state index in [9.17, 15) is 9.90 Å². The highest BCUT2D eigenvalue weighted by Gasteiger charge is 2.23. The van der Waals surface area contributed by atoms with E-state index in [1.165, 1.54) is 35.6 Å². The Morgan fingerprint density at radius 3 is 2.65 bits per heavy atom. The molecule has 1 aliphatic heterocycles. The third kappa shape index (κ3) is 3.63. The fourth-order valence-electron chi connectivity index (χ4n) is 4.83. The normalized spacial score (nSPS) is 16.3. The van der Waals surface area contributed by atoms with Crippen molar-refractivity contribution in [3.63, 3.8) is 0 Å². The van der Waals surface area contributed by atoms with Gasteiger partial charge < -0.3 is 14.9 Å². The molecule has 0 atom stereocenters. The molecule has 1 aromatic heterocycles. The van der Waals surface area contributed by atoms with Crippen molar-refractivity contribution in [3.8, 4) is 17.1 Å². The van der Waals surface area contributed by atoms with Crippen LogP contribution in [0, 0.1) is 0 Å². The minimum atomic E-state index is -0.223. The first-order valence-corrected chi connectivity index (χ1v) is 10.9. The lowest BCUT2D eigenvalue weighted by Gasteiger charge is -2.35. The second kappa shape index (κ2) is 8.02. The molecular weight excluding hydrogens is 388 g/mol. The molecule has 31 heavy (non-hydrogen) atoms. The molecule has 0 unspecified atom stereocenters. The van der Waals surface area contributed by atoms with Crippen LogP contribution in [0.4, 0.5) is 5.82 Å². The summed E-state index contributed by atoms with van der Waals surface area (Å²) in [6.07, 6.45) is 6.09. The average Bonchev–Trinajstić information content (AvgIpc) is 2.82. The second-order valence-corrected chi connectivity index (χ2v) is 8.25. The number of benzene rings is 2. The third-order valence-electron chi connectivity index (χ3n) is 6.44. The number of hydrogen-bond acceptors (Lipinski definition) is 5. The van der Waals surface area contributed by atoms with Gasteiger partial charge >= 0.3 is 6.01 Å². The number of fused-ring (bicyclic) bond motifs is 2. The minimum Gasteiger partial charge on any atom is -0.479 e. The molecule has 2 heterocycles. The van der Waals surface area contributed by atoms with Gasteiger partial charge in [0.1, 0.15) is 5.82 Å². The lowest BCUT2D eigenvalue weighted by atomic mass is 9.86. The molecule has 1 saturated heterocycles. The smallest absolute Gasteiger partial charge is 0.316 e. The molecule has 3 aromatic rings. The summed E-state index contributed by atoms with van der Waals surface area (Å²) in [7, 11) is 0. The van der Waals surface area contributed by atoms with Crippen LogP contribution in [0.5, 0.6) is 6.01 Å². The first-order valence-electron chi connectivity index (χ1n) is 10.9. The summed E-state index contributed by atoms with van der Waals surface area (Å²) in [4.78, 5) is 24.4. The monoisotopic (exact) mass is 414 g/mol. The van der Waals surface area contributed by atoms with Crippen molar-refractivity contribution in [2.45, 2.75) is 25.7 Å². The average molecular weight is 415 g/mol. The number of amides is 1. The van der Waals surface area contributed by atoms with Gasteiger partial charge in [0.25, 0.3) is 0 Å². The van der Waals surface area contributed by atoms with Crippen LogP contribution in [0.2, 0.25) is 0 Å². The predicted molar refractivity (Wildman–Crippen MR) is 122 cm³/mol. The van der Waals surface area contributed by atoms with Crippen LogP contribution < -0.4 is 4.90 Å². The van der Waals surface area contributed by atoms with Gasteiger partial charge in [0, 0.05) is 31.6 Å². The molecular formula is C25H26N4O2. The Labute approximate surface area is 181 Å². The largest absolute Gasteiger partial charge is 0.479 e. The van der Waals surface area contributed by atoms with Gasteiger partial charge in [-0.25, -0.2) is 0 Å². The van der Waals surface area contributed by atoms with Crippen LogP contribution in [0.15, 0.2) is 49.1 Å². The van der Waals surface area contributed by atoms with Gasteiger partial charge in [-0.2, -0.15) is 9.97 Å². The molecule has 0 radical (unpaired) electrons. The number of carbonyl (C=O) groups is 1. The lowest BCUT2D eigenvalue weighted by molar-refractivity contribution is -0.126. The summed E-state index contributed by atoms with van der Waals surface area (Å²) in [5.41, 5.74) is 6.00. The van der Waals surface area contributed by atoms with Gasteiger partial charge in [-0.05, 0) is 66.1 Å². The zero-order valence-corrected chi connectivity index (χ0v) is 17.5. The maximum Gasteiger partial charge on any atom is 0.316 e. The van der Waals surface area contributed by atoms with Gasteiger partial charge in [0.15, 0.2) is 0 Å². The number of anilines is 1. The highest BCUT2D eigenvalue weighted by Crippen LogP contribution is 2.35. The van der Waals surface area contributed by atoms with E-state index in [2.05, 4.69) is 57.8 Å². The van der Waals surface area contributed by atoms with E-state index in [0.29, 0.717) is 26.2 Å². The third-order valence-corrected chi connectivity index (χ3v) is 6.44. The van der Waals surface area contributed by atoms with Crippen molar-refractivity contribution < 1.29 is 9.90 Å². The van der Waals surface area contributed by atoms with Crippen molar-refractivity contribution in [3.05, 3.63) is 60.2 Å². The molecule has 5 rings (SSSR count). The van der Waals surface area contributed by atoms with Crippen molar-refractivity contribution in [2.24, 2.45) is 0 Å². The summed E-state index contributed by atoms with van der Waals surface area (Å²) in [6, 6.07) is 12.6. The number of aryl methyl sites for hydroxylation is 1. The predicted octanol–water partition coefficient (Wildman–Crippen LogP) is 3.72. The lowest BCUT2D eigenvalue weighted by Crippen LogP contribution is -2.48. The second-order valence-electron chi connectivity index (χ2n) is 8.25. The SMILES string of the molecule is C=CC(=O)N1CCN(c2nc(O)nc3cc(-c4cccc5c4CCCC5)ccc23)CC1. The summed E-state index contributed by atoms with van der Waals surface area (Å²) >= 11 is 0. The Bertz CT molecular complexity index is 1170. The van der Waals surface area contributed by atoms with Crippen LogP contribution in [-0.4, -0.2) is 52.1 Å². The van der Waals surface area contributed by atoms with Crippen molar-refractivity contribution in [1.29, 1.82) is 0 Å². The highest BCUT2D eigenvalue weighted by molar-refractivity contribution is 5.93. The quantitative estimate of drug-likeness (QED) is 0.662. The number of piperazine rings is 1. The van der Waals surface area contributed by atoms with E-state index in [1.54, 1.807) is 4.90 Å². The molecule has 2 aliphatic rings. The van der Waals surface area contributed by atoms with Gasteiger partial charge in [0.05, 0.1) is 5.52 Å². The fourth-order valence-corrected chi connectivity index (χ4v) is 4.83. The van der Waals surface area contributed by atoms with Crippen molar-refractivity contribution in [2.75, 3.05) is 31.1 Å². The first kappa shape index (κ1) is 19.5. The Hall–Kier alpha value is -3.41. The van der Waals surface area contributed by atoms with Crippen LogP contribution in [-0.2, 0) is 17.6 Å². The number of carbonyl (C=O) groups excluding carboxylic acids is 1.